The van der Waals surface area contributed by atoms with Gasteiger partial charge in [-0.1, -0.05) is 0 Å². The minimum absolute atomic E-state index is 0.534. The zero-order chi connectivity index (χ0) is 12.3. The summed E-state index contributed by atoms with van der Waals surface area (Å²) in [5.74, 6) is 0.812. The third-order valence-corrected chi connectivity index (χ3v) is 3.05. The van der Waals surface area contributed by atoms with Crippen LogP contribution in [-0.2, 0) is 4.74 Å². The number of anilines is 1. The van der Waals surface area contributed by atoms with Crippen LogP contribution < -0.4 is 4.90 Å². The fourth-order valence-corrected chi connectivity index (χ4v) is 1.94. The van der Waals surface area contributed by atoms with E-state index >= 15 is 0 Å². The zero-order valence-electron chi connectivity index (χ0n) is 10.3. The molecule has 0 unspecified atom stereocenters. The molecular weight excluding hydrogens is 214 g/mol. The van der Waals surface area contributed by atoms with Gasteiger partial charge in [-0.2, -0.15) is 5.26 Å². The highest BCUT2D eigenvalue weighted by molar-refractivity contribution is 5.58. The van der Waals surface area contributed by atoms with E-state index in [1.165, 1.54) is 12.8 Å². The molecule has 2 rings (SSSR count). The van der Waals surface area contributed by atoms with Gasteiger partial charge in [0.2, 0.25) is 0 Å². The van der Waals surface area contributed by atoms with E-state index in [1.54, 1.807) is 13.3 Å². The highest BCUT2D eigenvalue weighted by Gasteiger charge is 2.31. The molecule has 1 aliphatic rings. The normalized spacial score (nSPS) is 14.4. The summed E-state index contributed by atoms with van der Waals surface area (Å²) < 4.78 is 5.12. The standard InChI is InChI=1S/C13H17N3O/c1-10-5-6-15-13(12(10)9-14)16(7-8-17-2)11-3-4-11/h5-6,11H,3-4,7-8H2,1-2H3. The van der Waals surface area contributed by atoms with E-state index in [2.05, 4.69) is 16.0 Å². The molecule has 1 heterocycles. The predicted octanol–water partition coefficient (Wildman–Crippen LogP) is 1.88. The lowest BCUT2D eigenvalue weighted by molar-refractivity contribution is 0.204. The number of methoxy groups -OCH3 is 1. The van der Waals surface area contributed by atoms with E-state index in [0.717, 1.165) is 17.9 Å². The summed E-state index contributed by atoms with van der Waals surface area (Å²) in [5, 5.41) is 9.23. The first-order valence-electron chi connectivity index (χ1n) is 5.89. The van der Waals surface area contributed by atoms with Crippen molar-refractivity contribution in [2.75, 3.05) is 25.2 Å². The third-order valence-electron chi connectivity index (χ3n) is 3.05. The Morgan fingerprint density at radius 1 is 1.59 bits per heavy atom. The molecule has 0 bridgehead atoms. The van der Waals surface area contributed by atoms with Crippen LogP contribution in [0.25, 0.3) is 0 Å². The minimum Gasteiger partial charge on any atom is -0.383 e. The molecule has 1 aliphatic carbocycles. The molecule has 17 heavy (non-hydrogen) atoms. The number of aryl methyl sites for hydroxylation is 1. The average Bonchev–Trinajstić information content (AvgIpc) is 3.14. The Bertz CT molecular complexity index is 435. The van der Waals surface area contributed by atoms with Crippen LogP contribution in [0.4, 0.5) is 5.82 Å². The van der Waals surface area contributed by atoms with E-state index in [0.29, 0.717) is 18.2 Å². The number of hydrogen-bond donors (Lipinski definition) is 0. The first-order chi connectivity index (χ1) is 8.27. The largest absolute Gasteiger partial charge is 0.383 e. The van der Waals surface area contributed by atoms with Gasteiger partial charge in [-0.25, -0.2) is 4.98 Å². The summed E-state index contributed by atoms with van der Waals surface area (Å²) in [6.07, 6.45) is 4.14. The molecular formula is C13H17N3O. The van der Waals surface area contributed by atoms with Crippen LogP contribution in [0, 0.1) is 18.3 Å². The molecule has 1 saturated carbocycles. The first-order valence-corrected chi connectivity index (χ1v) is 5.89. The molecule has 0 N–H and O–H groups in total. The lowest BCUT2D eigenvalue weighted by Gasteiger charge is -2.24. The van der Waals surface area contributed by atoms with Crippen LogP contribution in [-0.4, -0.2) is 31.3 Å². The molecule has 1 fully saturated rings. The highest BCUT2D eigenvalue weighted by atomic mass is 16.5. The van der Waals surface area contributed by atoms with Crippen molar-refractivity contribution in [3.8, 4) is 6.07 Å². The maximum absolute atomic E-state index is 9.23. The molecule has 0 atom stereocenters. The van der Waals surface area contributed by atoms with Crippen LogP contribution in [0.2, 0.25) is 0 Å². The smallest absolute Gasteiger partial charge is 0.147 e. The number of ether oxygens (including phenoxy) is 1. The fourth-order valence-electron chi connectivity index (χ4n) is 1.94. The van der Waals surface area contributed by atoms with Gasteiger partial charge in [0.05, 0.1) is 12.2 Å². The topological polar surface area (TPSA) is 49.1 Å². The van der Waals surface area contributed by atoms with Crippen LogP contribution in [0.15, 0.2) is 12.3 Å². The Kier molecular flexibility index (Phi) is 3.60. The van der Waals surface area contributed by atoms with Gasteiger partial charge < -0.3 is 9.64 Å². The SMILES string of the molecule is COCCN(c1nccc(C)c1C#N)C1CC1. The van der Waals surface area contributed by atoms with Crippen LogP contribution in [0.1, 0.15) is 24.0 Å². The lowest BCUT2D eigenvalue weighted by atomic mass is 10.1. The van der Waals surface area contributed by atoms with E-state index < -0.39 is 0 Å². The predicted molar refractivity (Wildman–Crippen MR) is 65.9 cm³/mol. The second-order valence-electron chi connectivity index (χ2n) is 4.36. The number of rotatable bonds is 5. The monoisotopic (exact) mass is 231 g/mol. The van der Waals surface area contributed by atoms with Gasteiger partial charge in [0, 0.05) is 25.9 Å². The van der Waals surface area contributed by atoms with Crippen molar-refractivity contribution in [3.05, 3.63) is 23.4 Å². The van der Waals surface area contributed by atoms with E-state index in [4.69, 9.17) is 4.74 Å². The molecule has 0 spiro atoms. The van der Waals surface area contributed by atoms with Gasteiger partial charge in [-0.15, -0.1) is 0 Å². The van der Waals surface area contributed by atoms with Crippen molar-refractivity contribution < 1.29 is 4.74 Å². The third kappa shape index (κ3) is 2.56. The summed E-state index contributed by atoms with van der Waals surface area (Å²) in [6, 6.07) is 4.67. The molecule has 0 aromatic carbocycles. The van der Waals surface area contributed by atoms with Gasteiger partial charge in [-0.05, 0) is 31.4 Å². The van der Waals surface area contributed by atoms with E-state index in [1.807, 2.05) is 13.0 Å². The molecule has 0 radical (unpaired) electrons. The lowest BCUT2D eigenvalue weighted by Crippen LogP contribution is -2.31. The van der Waals surface area contributed by atoms with Crippen LogP contribution in [0.3, 0.4) is 0 Å². The molecule has 4 nitrogen and oxygen atoms in total. The quantitative estimate of drug-likeness (QED) is 0.776. The maximum atomic E-state index is 9.23. The molecule has 0 amide bonds. The minimum atomic E-state index is 0.534. The number of nitriles is 1. The second kappa shape index (κ2) is 5.15. The van der Waals surface area contributed by atoms with Crippen molar-refractivity contribution in [1.82, 2.24) is 4.98 Å². The Morgan fingerprint density at radius 3 is 2.94 bits per heavy atom. The van der Waals surface area contributed by atoms with E-state index in [-0.39, 0.29) is 0 Å². The maximum Gasteiger partial charge on any atom is 0.147 e. The Balaban J connectivity index is 2.29. The van der Waals surface area contributed by atoms with Crippen LogP contribution >= 0.6 is 0 Å². The number of hydrogen-bond acceptors (Lipinski definition) is 4. The van der Waals surface area contributed by atoms with Crippen molar-refractivity contribution in [3.63, 3.8) is 0 Å². The molecule has 1 aromatic heterocycles. The average molecular weight is 231 g/mol. The molecule has 4 heteroatoms. The number of pyridine rings is 1. The molecule has 0 aliphatic heterocycles. The van der Waals surface area contributed by atoms with Gasteiger partial charge in [0.15, 0.2) is 0 Å². The van der Waals surface area contributed by atoms with Crippen molar-refractivity contribution >= 4 is 5.82 Å². The summed E-state index contributed by atoms with van der Waals surface area (Å²) in [5.41, 5.74) is 1.68. The van der Waals surface area contributed by atoms with E-state index in [9.17, 15) is 5.26 Å². The number of nitrogens with zero attached hydrogens (tertiary/aromatic N) is 3. The first kappa shape index (κ1) is 11.9. The summed E-state index contributed by atoms with van der Waals surface area (Å²) >= 11 is 0. The van der Waals surface area contributed by atoms with Crippen molar-refractivity contribution in [2.45, 2.75) is 25.8 Å². The summed E-state index contributed by atoms with van der Waals surface area (Å²) in [6.45, 7) is 3.41. The van der Waals surface area contributed by atoms with Crippen LogP contribution in [0.5, 0.6) is 0 Å². The summed E-state index contributed by atoms with van der Waals surface area (Å²) in [4.78, 5) is 6.58. The molecule has 0 saturated heterocycles. The Morgan fingerprint density at radius 2 is 2.35 bits per heavy atom. The summed E-state index contributed by atoms with van der Waals surface area (Å²) in [7, 11) is 1.69. The number of aromatic nitrogens is 1. The molecule has 1 aromatic rings. The Labute approximate surface area is 102 Å². The van der Waals surface area contributed by atoms with Crippen molar-refractivity contribution in [2.24, 2.45) is 0 Å². The second-order valence-corrected chi connectivity index (χ2v) is 4.36. The highest BCUT2D eigenvalue weighted by Crippen LogP contribution is 2.32. The van der Waals surface area contributed by atoms with Crippen molar-refractivity contribution in [1.29, 1.82) is 5.26 Å². The van der Waals surface area contributed by atoms with Gasteiger partial charge in [0.25, 0.3) is 0 Å². The van der Waals surface area contributed by atoms with Gasteiger partial charge >= 0.3 is 0 Å². The molecule has 90 valence electrons. The van der Waals surface area contributed by atoms with Gasteiger partial charge in [-0.3, -0.25) is 0 Å². The van der Waals surface area contributed by atoms with Gasteiger partial charge in [0.1, 0.15) is 11.9 Å². The zero-order valence-corrected chi connectivity index (χ0v) is 10.3. The Hall–Kier alpha value is -1.60. The fraction of sp³-hybridized carbons (Fsp3) is 0.538.